The molecule has 0 aromatic heterocycles. The lowest BCUT2D eigenvalue weighted by molar-refractivity contribution is -0.384. The minimum Gasteiger partial charge on any atom is -0.272 e. The number of carbonyl (C=O) groups is 3. The lowest BCUT2D eigenvalue weighted by Crippen LogP contribution is -2.50. The second kappa shape index (κ2) is 8.55. The van der Waals surface area contributed by atoms with Crippen molar-refractivity contribution in [2.75, 3.05) is 0 Å². The SMILES string of the molecule is C[C@@H]1C=CC[C@H]2C(=O)N(N(Cc3ccc(Cl)cc3)C(=O)c3ccc([N+](=O)[O-])cc3)C(=O)[C@@H]12. The van der Waals surface area contributed by atoms with Gasteiger partial charge < -0.3 is 0 Å². The van der Waals surface area contributed by atoms with E-state index >= 15 is 0 Å². The van der Waals surface area contributed by atoms with E-state index in [1.54, 1.807) is 24.3 Å². The average molecular weight is 454 g/mol. The van der Waals surface area contributed by atoms with Crippen molar-refractivity contribution in [1.82, 2.24) is 10.0 Å². The number of halogens is 1. The van der Waals surface area contributed by atoms with Gasteiger partial charge in [-0.3, -0.25) is 24.5 Å². The largest absolute Gasteiger partial charge is 0.273 e. The number of imide groups is 1. The van der Waals surface area contributed by atoms with Crippen LogP contribution >= 0.6 is 11.6 Å². The van der Waals surface area contributed by atoms with Crippen molar-refractivity contribution in [3.63, 3.8) is 0 Å². The Morgan fingerprint density at radius 3 is 2.38 bits per heavy atom. The molecule has 0 spiro atoms. The van der Waals surface area contributed by atoms with Crippen molar-refractivity contribution in [2.45, 2.75) is 19.9 Å². The van der Waals surface area contributed by atoms with E-state index in [2.05, 4.69) is 0 Å². The van der Waals surface area contributed by atoms with Gasteiger partial charge in [-0.05, 0) is 42.2 Å². The Labute approximate surface area is 189 Å². The number of non-ortho nitro benzene ring substituents is 1. The molecular weight excluding hydrogens is 434 g/mol. The van der Waals surface area contributed by atoms with Gasteiger partial charge in [0.1, 0.15) is 0 Å². The molecule has 32 heavy (non-hydrogen) atoms. The molecule has 3 atom stereocenters. The second-order valence-corrected chi connectivity index (χ2v) is 8.37. The highest BCUT2D eigenvalue weighted by molar-refractivity contribution is 6.30. The monoisotopic (exact) mass is 453 g/mol. The number of hydrogen-bond acceptors (Lipinski definition) is 5. The van der Waals surface area contributed by atoms with Crippen molar-refractivity contribution >= 4 is 35.0 Å². The zero-order chi connectivity index (χ0) is 23.0. The number of nitro benzene ring substituents is 1. The Morgan fingerprint density at radius 1 is 1.12 bits per heavy atom. The summed E-state index contributed by atoms with van der Waals surface area (Å²) in [6, 6.07) is 11.8. The molecule has 4 rings (SSSR count). The van der Waals surface area contributed by atoms with Crippen LogP contribution in [0.3, 0.4) is 0 Å². The van der Waals surface area contributed by atoms with Crippen LogP contribution in [0.2, 0.25) is 5.02 Å². The van der Waals surface area contributed by atoms with E-state index in [0.29, 0.717) is 17.0 Å². The molecule has 1 fully saturated rings. The zero-order valence-electron chi connectivity index (χ0n) is 17.2. The highest BCUT2D eigenvalue weighted by Gasteiger charge is 2.53. The van der Waals surface area contributed by atoms with Crippen molar-refractivity contribution in [1.29, 1.82) is 0 Å². The standard InChI is InChI=1S/C23H20ClN3O5/c1-14-3-2-4-19-20(14)23(30)26(22(19)29)25(13-15-5-9-17(24)10-6-15)21(28)16-7-11-18(12-8-16)27(31)32/h2-3,5-12,14,19-20H,4,13H2,1H3/t14-,19-,20+/m1/s1. The molecule has 2 aromatic rings. The predicted molar refractivity (Wildman–Crippen MR) is 116 cm³/mol. The Morgan fingerprint density at radius 2 is 1.78 bits per heavy atom. The molecule has 1 saturated heterocycles. The van der Waals surface area contributed by atoms with Crippen LogP contribution in [0, 0.1) is 27.9 Å². The van der Waals surface area contributed by atoms with Crippen LogP contribution in [0.25, 0.3) is 0 Å². The summed E-state index contributed by atoms with van der Waals surface area (Å²) < 4.78 is 0. The summed E-state index contributed by atoms with van der Waals surface area (Å²) in [5, 5.41) is 13.5. The second-order valence-electron chi connectivity index (χ2n) is 7.94. The van der Waals surface area contributed by atoms with Crippen LogP contribution in [-0.2, 0) is 16.1 Å². The van der Waals surface area contributed by atoms with Gasteiger partial charge in [0.25, 0.3) is 23.4 Å². The molecular formula is C23H20ClN3O5. The van der Waals surface area contributed by atoms with E-state index in [9.17, 15) is 24.5 Å². The van der Waals surface area contributed by atoms with E-state index in [0.717, 1.165) is 10.0 Å². The number of rotatable bonds is 5. The van der Waals surface area contributed by atoms with Crippen LogP contribution in [-0.4, -0.2) is 32.7 Å². The summed E-state index contributed by atoms with van der Waals surface area (Å²) in [5.74, 6) is -2.59. The van der Waals surface area contributed by atoms with Gasteiger partial charge in [0.2, 0.25) is 0 Å². The van der Waals surface area contributed by atoms with E-state index in [-0.39, 0.29) is 23.7 Å². The fourth-order valence-electron chi connectivity index (χ4n) is 4.24. The smallest absolute Gasteiger partial charge is 0.272 e. The molecule has 1 aliphatic carbocycles. The minimum atomic E-state index is -0.601. The van der Waals surface area contributed by atoms with Gasteiger partial charge >= 0.3 is 0 Å². The fraction of sp³-hybridized carbons (Fsp3) is 0.261. The highest BCUT2D eigenvalue weighted by Crippen LogP contribution is 2.39. The first-order chi connectivity index (χ1) is 15.3. The first-order valence-electron chi connectivity index (χ1n) is 10.1. The first kappa shape index (κ1) is 21.7. The zero-order valence-corrected chi connectivity index (χ0v) is 17.9. The fourth-order valence-corrected chi connectivity index (χ4v) is 4.37. The minimum absolute atomic E-state index is 0.0360. The molecule has 8 nitrogen and oxygen atoms in total. The van der Waals surface area contributed by atoms with Crippen LogP contribution in [0.5, 0.6) is 0 Å². The predicted octanol–water partition coefficient (Wildman–Crippen LogP) is 4.00. The highest BCUT2D eigenvalue weighted by atomic mass is 35.5. The number of nitrogens with zero attached hydrogens (tertiary/aromatic N) is 3. The van der Waals surface area contributed by atoms with Crippen molar-refractivity contribution in [2.24, 2.45) is 17.8 Å². The third kappa shape index (κ3) is 3.89. The van der Waals surface area contributed by atoms with Gasteiger partial charge in [-0.1, -0.05) is 42.8 Å². The van der Waals surface area contributed by atoms with E-state index in [1.165, 1.54) is 24.3 Å². The quantitative estimate of drug-likeness (QED) is 0.295. The third-order valence-electron chi connectivity index (χ3n) is 5.90. The molecule has 0 unspecified atom stereocenters. The Kier molecular flexibility index (Phi) is 5.80. The number of amides is 3. The van der Waals surface area contributed by atoms with Crippen molar-refractivity contribution in [3.05, 3.63) is 86.9 Å². The van der Waals surface area contributed by atoms with Crippen LogP contribution in [0.1, 0.15) is 29.3 Å². The molecule has 0 bridgehead atoms. The van der Waals surface area contributed by atoms with Crippen molar-refractivity contribution in [3.8, 4) is 0 Å². The van der Waals surface area contributed by atoms with E-state index in [4.69, 9.17) is 11.6 Å². The summed E-state index contributed by atoms with van der Waals surface area (Å²) in [6.07, 6.45) is 4.25. The van der Waals surface area contributed by atoms with E-state index in [1.807, 2.05) is 19.1 Å². The van der Waals surface area contributed by atoms with Crippen LogP contribution in [0.15, 0.2) is 60.7 Å². The third-order valence-corrected chi connectivity index (χ3v) is 6.15. The first-order valence-corrected chi connectivity index (χ1v) is 10.5. The molecule has 0 saturated carbocycles. The maximum absolute atomic E-state index is 13.4. The Bertz CT molecular complexity index is 1110. The van der Waals surface area contributed by atoms with Gasteiger partial charge in [0.05, 0.1) is 23.3 Å². The maximum Gasteiger partial charge on any atom is 0.273 e. The van der Waals surface area contributed by atoms with Gasteiger partial charge in [-0.15, -0.1) is 0 Å². The molecule has 2 aliphatic rings. The summed E-state index contributed by atoms with van der Waals surface area (Å²) in [5.41, 5.74) is 0.641. The topological polar surface area (TPSA) is 101 Å². The Balaban J connectivity index is 1.71. The molecule has 164 valence electrons. The lowest BCUT2D eigenvalue weighted by atomic mass is 9.78. The average Bonchev–Trinajstić information content (AvgIpc) is 3.04. The molecule has 1 heterocycles. The summed E-state index contributed by atoms with van der Waals surface area (Å²) in [4.78, 5) is 50.3. The van der Waals surface area contributed by atoms with Gasteiger partial charge in [0, 0.05) is 22.7 Å². The number of fused-ring (bicyclic) bond motifs is 1. The number of benzene rings is 2. The summed E-state index contributed by atoms with van der Waals surface area (Å²) >= 11 is 5.96. The van der Waals surface area contributed by atoms with Gasteiger partial charge in [0.15, 0.2) is 0 Å². The number of hydrazine groups is 1. The summed E-state index contributed by atoms with van der Waals surface area (Å²) in [6.45, 7) is 1.84. The molecule has 0 N–H and O–H groups in total. The normalized spacial score (nSPS) is 22.1. The molecule has 0 radical (unpaired) electrons. The number of nitro groups is 1. The molecule has 3 amide bonds. The van der Waals surface area contributed by atoms with Crippen molar-refractivity contribution < 1.29 is 19.3 Å². The van der Waals surface area contributed by atoms with Gasteiger partial charge in [-0.25, -0.2) is 5.01 Å². The molecule has 2 aromatic carbocycles. The Hall–Kier alpha value is -3.52. The van der Waals surface area contributed by atoms with Crippen LogP contribution in [0.4, 0.5) is 5.69 Å². The summed E-state index contributed by atoms with van der Waals surface area (Å²) in [7, 11) is 0. The van der Waals surface area contributed by atoms with Gasteiger partial charge in [-0.2, -0.15) is 5.01 Å². The number of carbonyl (C=O) groups excluding carboxylic acids is 3. The number of hydrogen-bond donors (Lipinski definition) is 0. The van der Waals surface area contributed by atoms with Crippen LogP contribution < -0.4 is 0 Å². The molecule has 9 heteroatoms. The lowest BCUT2D eigenvalue weighted by Gasteiger charge is -2.31. The number of allylic oxidation sites excluding steroid dienone is 2. The van der Waals surface area contributed by atoms with E-state index < -0.39 is 34.5 Å². The maximum atomic E-state index is 13.4. The molecule has 1 aliphatic heterocycles.